The Labute approximate surface area is 201 Å². The van der Waals surface area contributed by atoms with Gasteiger partial charge in [-0.1, -0.05) is 39.7 Å². The minimum absolute atomic E-state index is 0.147. The lowest BCUT2D eigenvalue weighted by Gasteiger charge is -2.20. The molecule has 2 amide bonds. The molecular weight excluding hydrogens is 434 g/mol. The second-order valence-corrected chi connectivity index (χ2v) is 8.09. The molecule has 0 radical (unpaired) electrons. The van der Waals surface area contributed by atoms with Gasteiger partial charge in [0, 0.05) is 11.1 Å². The van der Waals surface area contributed by atoms with Crippen LogP contribution in [0.15, 0.2) is 47.6 Å². The number of rotatable bonds is 13. The molecule has 0 fully saturated rings. The highest BCUT2D eigenvalue weighted by Gasteiger charge is 2.24. The predicted molar refractivity (Wildman–Crippen MR) is 133 cm³/mol. The monoisotopic (exact) mass is 469 g/mol. The van der Waals surface area contributed by atoms with Gasteiger partial charge in [-0.3, -0.25) is 9.59 Å². The van der Waals surface area contributed by atoms with Crippen molar-refractivity contribution in [2.45, 2.75) is 46.1 Å². The van der Waals surface area contributed by atoms with Crippen LogP contribution in [0.2, 0.25) is 0 Å². The summed E-state index contributed by atoms with van der Waals surface area (Å²) >= 11 is 0. The first-order valence-corrected chi connectivity index (χ1v) is 11.5. The minimum Gasteiger partial charge on any atom is -0.497 e. The summed E-state index contributed by atoms with van der Waals surface area (Å²) in [6.45, 7) is 6.40. The molecule has 184 valence electrons. The van der Waals surface area contributed by atoms with Gasteiger partial charge in [0.25, 0.3) is 11.8 Å². The highest BCUT2D eigenvalue weighted by molar-refractivity contribution is 5.98. The summed E-state index contributed by atoms with van der Waals surface area (Å²) in [5, 5.41) is 6.88. The Kier molecular flexibility index (Phi) is 10.9. The molecular formula is C26H35N3O5. The van der Waals surface area contributed by atoms with Gasteiger partial charge in [-0.15, -0.1) is 0 Å². The zero-order valence-corrected chi connectivity index (χ0v) is 20.6. The van der Waals surface area contributed by atoms with Crippen molar-refractivity contribution < 1.29 is 23.8 Å². The number of carbonyl (C=O) groups is 2. The van der Waals surface area contributed by atoms with E-state index in [0.29, 0.717) is 35.0 Å². The van der Waals surface area contributed by atoms with E-state index >= 15 is 0 Å². The molecule has 0 aliphatic rings. The van der Waals surface area contributed by atoms with Gasteiger partial charge in [0.15, 0.2) is 11.5 Å². The molecule has 2 aromatic rings. The van der Waals surface area contributed by atoms with Crippen molar-refractivity contribution in [1.29, 1.82) is 0 Å². The molecule has 0 aliphatic carbocycles. The van der Waals surface area contributed by atoms with Crippen LogP contribution in [0.5, 0.6) is 17.2 Å². The zero-order chi connectivity index (χ0) is 24.9. The van der Waals surface area contributed by atoms with Crippen LogP contribution in [0.25, 0.3) is 0 Å². The third kappa shape index (κ3) is 7.79. The summed E-state index contributed by atoms with van der Waals surface area (Å²) in [4.78, 5) is 25.4. The van der Waals surface area contributed by atoms with Gasteiger partial charge in [0.05, 0.1) is 27.0 Å². The fourth-order valence-electron chi connectivity index (χ4n) is 3.21. The number of unbranched alkanes of at least 4 members (excludes halogenated alkanes) is 2. The SMILES string of the molecule is CCCCCOc1c(/C=N/NC(=O)C(NC(=O)c2ccc(OC)cc2)C(C)C)cccc1OC. The Morgan fingerprint density at radius 3 is 2.38 bits per heavy atom. The molecule has 0 bridgehead atoms. The van der Waals surface area contributed by atoms with E-state index in [1.165, 1.54) is 6.21 Å². The molecule has 2 rings (SSSR count). The lowest BCUT2D eigenvalue weighted by atomic mass is 10.0. The number of para-hydroxylation sites is 1. The molecule has 34 heavy (non-hydrogen) atoms. The van der Waals surface area contributed by atoms with E-state index in [4.69, 9.17) is 14.2 Å². The van der Waals surface area contributed by atoms with Crippen molar-refractivity contribution in [3.05, 3.63) is 53.6 Å². The number of ether oxygens (including phenoxy) is 3. The van der Waals surface area contributed by atoms with Crippen LogP contribution in [0, 0.1) is 5.92 Å². The minimum atomic E-state index is -0.762. The van der Waals surface area contributed by atoms with E-state index < -0.39 is 11.9 Å². The summed E-state index contributed by atoms with van der Waals surface area (Å²) in [6.07, 6.45) is 4.62. The molecule has 2 aromatic carbocycles. The van der Waals surface area contributed by atoms with E-state index in [0.717, 1.165) is 19.3 Å². The molecule has 1 atom stereocenters. The molecule has 0 spiro atoms. The van der Waals surface area contributed by atoms with Gasteiger partial charge in [0.1, 0.15) is 11.8 Å². The van der Waals surface area contributed by atoms with E-state index in [9.17, 15) is 9.59 Å². The maximum absolute atomic E-state index is 12.8. The van der Waals surface area contributed by atoms with Gasteiger partial charge in [-0.25, -0.2) is 5.43 Å². The number of nitrogens with zero attached hydrogens (tertiary/aromatic N) is 1. The summed E-state index contributed by atoms with van der Waals surface area (Å²) in [7, 11) is 3.14. The molecule has 8 heteroatoms. The quantitative estimate of drug-likeness (QED) is 0.261. The predicted octanol–water partition coefficient (Wildman–Crippen LogP) is 4.18. The lowest BCUT2D eigenvalue weighted by Crippen LogP contribution is -2.48. The van der Waals surface area contributed by atoms with Crippen LogP contribution >= 0.6 is 0 Å². The number of hydrazone groups is 1. The van der Waals surface area contributed by atoms with Crippen molar-refractivity contribution >= 4 is 18.0 Å². The number of hydrogen-bond donors (Lipinski definition) is 2. The fourth-order valence-corrected chi connectivity index (χ4v) is 3.21. The topological polar surface area (TPSA) is 98.2 Å². The molecule has 0 saturated heterocycles. The highest BCUT2D eigenvalue weighted by Crippen LogP contribution is 2.30. The number of hydrogen-bond acceptors (Lipinski definition) is 6. The zero-order valence-electron chi connectivity index (χ0n) is 20.6. The Morgan fingerprint density at radius 1 is 1.03 bits per heavy atom. The molecule has 8 nitrogen and oxygen atoms in total. The first-order valence-electron chi connectivity index (χ1n) is 11.5. The summed E-state index contributed by atoms with van der Waals surface area (Å²) in [5.74, 6) is 0.908. The normalized spacial score (nSPS) is 11.8. The van der Waals surface area contributed by atoms with Gasteiger partial charge in [0.2, 0.25) is 0 Å². The smallest absolute Gasteiger partial charge is 0.262 e. The molecule has 0 aliphatic heterocycles. The lowest BCUT2D eigenvalue weighted by molar-refractivity contribution is -0.123. The van der Waals surface area contributed by atoms with Crippen molar-refractivity contribution in [2.75, 3.05) is 20.8 Å². The van der Waals surface area contributed by atoms with E-state index in [1.54, 1.807) is 38.5 Å². The van der Waals surface area contributed by atoms with Crippen LogP contribution in [0.3, 0.4) is 0 Å². The van der Waals surface area contributed by atoms with Gasteiger partial charge >= 0.3 is 0 Å². The van der Waals surface area contributed by atoms with Gasteiger partial charge < -0.3 is 19.5 Å². The van der Waals surface area contributed by atoms with Crippen molar-refractivity contribution in [3.8, 4) is 17.2 Å². The average Bonchev–Trinajstić information content (AvgIpc) is 2.85. The fraction of sp³-hybridized carbons (Fsp3) is 0.423. The number of benzene rings is 2. The van der Waals surface area contributed by atoms with E-state index in [-0.39, 0.29) is 11.8 Å². The van der Waals surface area contributed by atoms with E-state index in [2.05, 4.69) is 22.8 Å². The van der Waals surface area contributed by atoms with Crippen LogP contribution in [0.4, 0.5) is 0 Å². The number of amides is 2. The van der Waals surface area contributed by atoms with Crippen molar-refractivity contribution in [1.82, 2.24) is 10.7 Å². The Morgan fingerprint density at radius 2 is 1.76 bits per heavy atom. The first-order chi connectivity index (χ1) is 16.4. The Hall–Kier alpha value is -3.55. The van der Waals surface area contributed by atoms with Crippen LogP contribution in [-0.4, -0.2) is 44.9 Å². The molecule has 1 unspecified atom stereocenters. The molecule has 2 N–H and O–H groups in total. The number of methoxy groups -OCH3 is 2. The summed E-state index contributed by atoms with van der Waals surface area (Å²) < 4.78 is 16.5. The van der Waals surface area contributed by atoms with Crippen LogP contribution in [0.1, 0.15) is 56.0 Å². The second-order valence-electron chi connectivity index (χ2n) is 8.09. The molecule has 0 heterocycles. The molecule has 0 saturated carbocycles. The standard InChI is InChI=1S/C26H35N3O5/c1-6-7-8-16-34-24-20(10-9-11-22(24)33-5)17-27-29-26(31)23(18(2)3)28-25(30)19-12-14-21(32-4)15-13-19/h9-15,17-18,23H,6-8,16H2,1-5H3,(H,28,30)(H,29,31)/b27-17+. The number of carbonyl (C=O) groups excluding carboxylic acids is 2. The highest BCUT2D eigenvalue weighted by atomic mass is 16.5. The first kappa shape index (κ1) is 26.7. The Balaban J connectivity index is 2.06. The van der Waals surface area contributed by atoms with Gasteiger partial charge in [-0.2, -0.15) is 5.10 Å². The largest absolute Gasteiger partial charge is 0.497 e. The van der Waals surface area contributed by atoms with Gasteiger partial charge in [-0.05, 0) is 48.7 Å². The second kappa shape index (κ2) is 13.9. The Bertz CT molecular complexity index is 957. The van der Waals surface area contributed by atoms with E-state index in [1.807, 2.05) is 32.0 Å². The third-order valence-electron chi connectivity index (χ3n) is 5.19. The maximum Gasteiger partial charge on any atom is 0.262 e. The number of nitrogens with one attached hydrogen (secondary N) is 2. The van der Waals surface area contributed by atoms with Crippen molar-refractivity contribution in [3.63, 3.8) is 0 Å². The average molecular weight is 470 g/mol. The van der Waals surface area contributed by atoms with Crippen LogP contribution < -0.4 is 25.0 Å². The summed E-state index contributed by atoms with van der Waals surface area (Å²) in [6, 6.07) is 11.4. The third-order valence-corrected chi connectivity index (χ3v) is 5.19. The van der Waals surface area contributed by atoms with Crippen molar-refractivity contribution in [2.24, 2.45) is 11.0 Å². The summed E-state index contributed by atoms with van der Waals surface area (Å²) in [5.41, 5.74) is 3.64. The molecule has 0 aromatic heterocycles. The van der Waals surface area contributed by atoms with Crippen LogP contribution in [-0.2, 0) is 4.79 Å². The maximum atomic E-state index is 12.8.